The third kappa shape index (κ3) is 1.26. The highest BCUT2D eigenvalue weighted by Crippen LogP contribution is 2.24. The van der Waals surface area contributed by atoms with Crippen molar-refractivity contribution in [2.45, 2.75) is 0 Å². The fourth-order valence-electron chi connectivity index (χ4n) is 1.32. The van der Waals surface area contributed by atoms with Crippen LogP contribution in [0.15, 0.2) is 36.4 Å². The van der Waals surface area contributed by atoms with Crippen LogP contribution in [-0.2, 0) is 4.79 Å². The Labute approximate surface area is 75.4 Å². The number of hydrogen-bond donors (Lipinski definition) is 1. The zero-order valence-corrected chi connectivity index (χ0v) is 6.82. The SMILES string of the molecule is O=[C]c1ccc2cccc(O)c2c1. The highest BCUT2D eigenvalue weighted by Gasteiger charge is 1.99. The molecule has 63 valence electrons. The van der Waals surface area contributed by atoms with Gasteiger partial charge in [0.1, 0.15) is 5.75 Å². The number of phenols is 1. The fourth-order valence-corrected chi connectivity index (χ4v) is 1.32. The van der Waals surface area contributed by atoms with Gasteiger partial charge in [0.25, 0.3) is 0 Å². The number of benzene rings is 2. The molecule has 1 radical (unpaired) electrons. The number of phenolic OH excluding ortho intramolecular Hbond substituents is 1. The first-order valence-electron chi connectivity index (χ1n) is 3.91. The third-order valence-corrected chi connectivity index (χ3v) is 1.98. The normalized spacial score (nSPS) is 10.2. The predicted molar refractivity (Wildman–Crippen MR) is 50.4 cm³/mol. The minimum absolute atomic E-state index is 0.189. The monoisotopic (exact) mass is 171 g/mol. The van der Waals surface area contributed by atoms with E-state index in [1.807, 2.05) is 6.07 Å². The first-order chi connectivity index (χ1) is 6.31. The quantitative estimate of drug-likeness (QED) is 0.712. The highest BCUT2D eigenvalue weighted by molar-refractivity contribution is 5.92. The zero-order valence-electron chi connectivity index (χ0n) is 6.82. The number of rotatable bonds is 1. The minimum Gasteiger partial charge on any atom is -0.507 e. The molecule has 0 aromatic heterocycles. The summed E-state index contributed by atoms with van der Waals surface area (Å²) in [4.78, 5) is 10.4. The van der Waals surface area contributed by atoms with Crippen LogP contribution in [0.5, 0.6) is 5.75 Å². The van der Waals surface area contributed by atoms with Crippen molar-refractivity contribution in [1.29, 1.82) is 0 Å². The van der Waals surface area contributed by atoms with Crippen molar-refractivity contribution in [3.05, 3.63) is 42.0 Å². The van der Waals surface area contributed by atoms with Gasteiger partial charge in [-0.05, 0) is 17.5 Å². The third-order valence-electron chi connectivity index (χ3n) is 1.98. The number of fused-ring (bicyclic) bond motifs is 1. The van der Waals surface area contributed by atoms with Crippen molar-refractivity contribution in [1.82, 2.24) is 0 Å². The minimum atomic E-state index is 0.189. The summed E-state index contributed by atoms with van der Waals surface area (Å²) in [5.74, 6) is 0.189. The molecule has 0 heterocycles. The van der Waals surface area contributed by atoms with Crippen LogP contribution in [0.2, 0.25) is 0 Å². The molecule has 2 rings (SSSR count). The van der Waals surface area contributed by atoms with E-state index in [9.17, 15) is 9.90 Å². The van der Waals surface area contributed by atoms with Gasteiger partial charge >= 0.3 is 0 Å². The van der Waals surface area contributed by atoms with Gasteiger partial charge in [-0.3, -0.25) is 4.79 Å². The maximum absolute atomic E-state index is 10.4. The van der Waals surface area contributed by atoms with Gasteiger partial charge in [-0.25, -0.2) is 0 Å². The lowest BCUT2D eigenvalue weighted by atomic mass is 10.1. The molecule has 0 aliphatic rings. The Balaban J connectivity index is 2.81. The van der Waals surface area contributed by atoms with Crippen molar-refractivity contribution in [2.75, 3.05) is 0 Å². The van der Waals surface area contributed by atoms with Gasteiger partial charge in [-0.1, -0.05) is 24.3 Å². The fraction of sp³-hybridized carbons (Fsp3) is 0. The lowest BCUT2D eigenvalue weighted by Crippen LogP contribution is -1.80. The molecule has 0 atom stereocenters. The molecule has 0 aliphatic carbocycles. The Hall–Kier alpha value is -1.83. The van der Waals surface area contributed by atoms with Gasteiger partial charge in [-0.2, -0.15) is 0 Å². The summed E-state index contributed by atoms with van der Waals surface area (Å²) in [6.45, 7) is 0. The van der Waals surface area contributed by atoms with Crippen molar-refractivity contribution in [2.24, 2.45) is 0 Å². The molecule has 0 bridgehead atoms. The van der Waals surface area contributed by atoms with E-state index < -0.39 is 0 Å². The van der Waals surface area contributed by atoms with Gasteiger partial charge in [0, 0.05) is 10.9 Å². The molecule has 2 heteroatoms. The predicted octanol–water partition coefficient (Wildman–Crippen LogP) is 2.00. The van der Waals surface area contributed by atoms with Crippen molar-refractivity contribution in [3.63, 3.8) is 0 Å². The van der Waals surface area contributed by atoms with Crippen molar-refractivity contribution >= 4 is 17.1 Å². The Morgan fingerprint density at radius 3 is 2.77 bits per heavy atom. The molecule has 0 saturated carbocycles. The van der Waals surface area contributed by atoms with E-state index in [-0.39, 0.29) is 5.75 Å². The standard InChI is InChI=1S/C11H7O2/c12-7-8-4-5-9-2-1-3-11(13)10(9)6-8/h1-6,13H. The van der Waals surface area contributed by atoms with Gasteiger partial charge in [0.2, 0.25) is 6.29 Å². The van der Waals surface area contributed by atoms with E-state index in [1.54, 1.807) is 36.6 Å². The molecule has 2 aromatic carbocycles. The van der Waals surface area contributed by atoms with E-state index in [1.165, 1.54) is 0 Å². The van der Waals surface area contributed by atoms with Crippen LogP contribution in [0, 0.1) is 0 Å². The average Bonchev–Trinajstić information content (AvgIpc) is 2.18. The molecule has 0 fully saturated rings. The average molecular weight is 171 g/mol. The van der Waals surface area contributed by atoms with E-state index in [2.05, 4.69) is 0 Å². The Morgan fingerprint density at radius 2 is 2.00 bits per heavy atom. The van der Waals surface area contributed by atoms with Crippen LogP contribution in [0.1, 0.15) is 5.56 Å². The maximum Gasteiger partial charge on any atom is 0.233 e. The Kier molecular flexibility index (Phi) is 1.74. The number of hydrogen-bond acceptors (Lipinski definition) is 2. The van der Waals surface area contributed by atoms with Crippen molar-refractivity contribution in [3.8, 4) is 5.75 Å². The van der Waals surface area contributed by atoms with Crippen molar-refractivity contribution < 1.29 is 9.90 Å². The van der Waals surface area contributed by atoms with Crippen LogP contribution in [0.3, 0.4) is 0 Å². The molecule has 2 nitrogen and oxygen atoms in total. The molecule has 1 N–H and O–H groups in total. The molecular weight excluding hydrogens is 164 g/mol. The highest BCUT2D eigenvalue weighted by atomic mass is 16.3. The smallest absolute Gasteiger partial charge is 0.233 e. The van der Waals surface area contributed by atoms with Gasteiger partial charge in [-0.15, -0.1) is 0 Å². The lowest BCUT2D eigenvalue weighted by molar-refractivity contribution is 0.481. The summed E-state index contributed by atoms with van der Waals surface area (Å²) in [6.07, 6.45) is 1.79. The molecule has 0 saturated heterocycles. The molecule has 0 aliphatic heterocycles. The summed E-state index contributed by atoms with van der Waals surface area (Å²) in [5, 5.41) is 11.1. The topological polar surface area (TPSA) is 37.3 Å². The van der Waals surface area contributed by atoms with Crippen LogP contribution in [0.25, 0.3) is 10.8 Å². The van der Waals surface area contributed by atoms with E-state index in [0.717, 1.165) is 5.39 Å². The molecule has 0 unspecified atom stereocenters. The van der Waals surface area contributed by atoms with Crippen LogP contribution < -0.4 is 0 Å². The molecule has 2 aromatic rings. The second-order valence-corrected chi connectivity index (χ2v) is 2.82. The van der Waals surface area contributed by atoms with Gasteiger partial charge in [0.05, 0.1) is 0 Å². The maximum atomic E-state index is 10.4. The first-order valence-corrected chi connectivity index (χ1v) is 3.91. The van der Waals surface area contributed by atoms with E-state index in [0.29, 0.717) is 10.9 Å². The summed E-state index contributed by atoms with van der Waals surface area (Å²) < 4.78 is 0. The summed E-state index contributed by atoms with van der Waals surface area (Å²) in [6, 6.07) is 10.3. The second-order valence-electron chi connectivity index (χ2n) is 2.82. The number of carbonyl (C=O) groups excluding carboxylic acids is 1. The molecule has 0 amide bonds. The Morgan fingerprint density at radius 1 is 1.15 bits per heavy atom. The molecule has 13 heavy (non-hydrogen) atoms. The van der Waals surface area contributed by atoms with Gasteiger partial charge in [0.15, 0.2) is 0 Å². The van der Waals surface area contributed by atoms with Crippen LogP contribution in [-0.4, -0.2) is 11.4 Å². The zero-order chi connectivity index (χ0) is 9.26. The van der Waals surface area contributed by atoms with Crippen LogP contribution >= 0.6 is 0 Å². The summed E-state index contributed by atoms with van der Waals surface area (Å²) in [7, 11) is 0. The lowest BCUT2D eigenvalue weighted by Gasteiger charge is -1.99. The van der Waals surface area contributed by atoms with E-state index >= 15 is 0 Å². The molecular formula is C11H7O2. The van der Waals surface area contributed by atoms with E-state index in [4.69, 9.17) is 0 Å². The largest absolute Gasteiger partial charge is 0.507 e. The summed E-state index contributed by atoms with van der Waals surface area (Å²) >= 11 is 0. The molecule has 0 spiro atoms. The number of aromatic hydroxyl groups is 1. The van der Waals surface area contributed by atoms with Gasteiger partial charge < -0.3 is 5.11 Å². The second kappa shape index (κ2) is 2.90. The Bertz CT molecular complexity index is 461. The van der Waals surface area contributed by atoms with Crippen LogP contribution in [0.4, 0.5) is 0 Å². The summed E-state index contributed by atoms with van der Waals surface area (Å²) in [5.41, 5.74) is 0.453. The first kappa shape index (κ1) is 7.80.